The normalized spacial score (nSPS) is 13.0. The Hall–Kier alpha value is -8.32. The molecule has 2 aliphatic rings. The van der Waals surface area contributed by atoms with E-state index in [1.54, 1.807) is 0 Å². The summed E-state index contributed by atoms with van der Waals surface area (Å²) in [6, 6.07) is 75.2. The Morgan fingerprint density at radius 2 is 0.957 bits per heavy atom. The SMILES string of the molecule is CC(C)(C)c1cc2c3cc(-c4ccccc4)ccc3n(-c3ccc4c(c3)Oc3cc(-n5c6ccccc6c6ccccc65)cc5c3B4c3ccc(-c4ccccc4)cc3O5)c2c2sc3ccccc3c12. The molecule has 2 aliphatic heterocycles. The number of rotatable bonds is 4. The summed E-state index contributed by atoms with van der Waals surface area (Å²) in [5.41, 5.74) is 16.0. The van der Waals surface area contributed by atoms with Crippen molar-refractivity contribution in [1.29, 1.82) is 0 Å². The van der Waals surface area contributed by atoms with Crippen molar-refractivity contribution < 1.29 is 9.47 Å². The second-order valence-electron chi connectivity index (χ2n) is 20.0. The predicted molar refractivity (Wildman–Crippen MR) is 295 cm³/mol. The van der Waals surface area contributed by atoms with Crippen molar-refractivity contribution in [3.63, 3.8) is 0 Å². The molecule has 4 nitrogen and oxygen atoms in total. The van der Waals surface area contributed by atoms with Gasteiger partial charge < -0.3 is 18.6 Å². The van der Waals surface area contributed by atoms with Gasteiger partial charge in [0.25, 0.3) is 6.71 Å². The first-order valence-electron chi connectivity index (χ1n) is 24.2. The van der Waals surface area contributed by atoms with Crippen molar-refractivity contribution in [3.8, 4) is 56.6 Å². The Bertz CT molecular complexity index is 4290. The quantitative estimate of drug-likeness (QED) is 0.165. The summed E-state index contributed by atoms with van der Waals surface area (Å²) >= 11 is 1.90. The average Bonchev–Trinajstić information content (AvgIpc) is 4.06. The van der Waals surface area contributed by atoms with Crippen LogP contribution in [0.2, 0.25) is 0 Å². The molecule has 6 heteroatoms. The van der Waals surface area contributed by atoms with Crippen LogP contribution >= 0.6 is 11.3 Å². The molecule has 0 saturated heterocycles. The van der Waals surface area contributed by atoms with E-state index < -0.39 is 0 Å². The van der Waals surface area contributed by atoms with Crippen LogP contribution in [0.15, 0.2) is 206 Å². The highest BCUT2D eigenvalue weighted by molar-refractivity contribution is 7.26. The van der Waals surface area contributed by atoms with Gasteiger partial charge in [-0.15, -0.1) is 11.3 Å². The van der Waals surface area contributed by atoms with Gasteiger partial charge in [0, 0.05) is 66.4 Å². The first-order chi connectivity index (χ1) is 34.3. The number of benzene rings is 10. The molecule has 0 radical (unpaired) electrons. The summed E-state index contributed by atoms with van der Waals surface area (Å²) < 4.78 is 21.9. The number of aromatic nitrogens is 2. The minimum absolute atomic E-state index is 0.0897. The first kappa shape index (κ1) is 39.7. The van der Waals surface area contributed by atoms with Gasteiger partial charge in [0.15, 0.2) is 0 Å². The van der Waals surface area contributed by atoms with E-state index in [-0.39, 0.29) is 12.1 Å². The number of thiophene rings is 1. The predicted octanol–water partition coefficient (Wildman–Crippen LogP) is 15.6. The molecule has 0 unspecified atom stereocenters. The molecule has 0 amide bonds. The molecule has 0 fully saturated rings. The maximum Gasteiger partial charge on any atom is 0.260 e. The van der Waals surface area contributed by atoms with E-state index in [2.05, 4.69) is 236 Å². The minimum Gasteiger partial charge on any atom is -0.458 e. The molecular weight excluding hydrogens is 872 g/mol. The van der Waals surface area contributed by atoms with E-state index in [0.29, 0.717) is 0 Å². The highest BCUT2D eigenvalue weighted by Gasteiger charge is 2.41. The van der Waals surface area contributed by atoms with Crippen LogP contribution in [0.3, 0.4) is 0 Å². The van der Waals surface area contributed by atoms with Crippen molar-refractivity contribution in [1.82, 2.24) is 9.13 Å². The zero-order chi connectivity index (χ0) is 46.4. The van der Waals surface area contributed by atoms with Gasteiger partial charge in [-0.1, -0.05) is 160 Å². The van der Waals surface area contributed by atoms with Crippen LogP contribution in [-0.2, 0) is 5.41 Å². The molecule has 0 spiro atoms. The van der Waals surface area contributed by atoms with Crippen molar-refractivity contribution in [2.45, 2.75) is 26.2 Å². The lowest BCUT2D eigenvalue weighted by Gasteiger charge is -2.34. The molecule has 0 bridgehead atoms. The minimum atomic E-state index is -0.112. The number of ether oxygens (including phenoxy) is 2. The van der Waals surface area contributed by atoms with Gasteiger partial charge in [-0.2, -0.15) is 0 Å². The standard InChI is InChI=1S/C64H43BN2O2S/c1-64(2,3)49-37-48-47-32-40(38-16-6-4-7-17-38)27-31-54(47)67(62(48)63-60(49)46-22-12-15-25-59(46)70-63)42-28-30-51-56(34-42)69-58-36-43(66-52-23-13-10-20-44(52)45-21-11-14-24-53(45)66)35-57-61(58)65(51)50-29-26-41(33-55(50)68-57)39-18-8-5-9-19-39/h4-37H,1-3H3. The third kappa shape index (κ3) is 5.71. The van der Waals surface area contributed by atoms with Gasteiger partial charge in [-0.05, 0) is 92.7 Å². The van der Waals surface area contributed by atoms with Crippen molar-refractivity contribution >= 4 is 98.2 Å². The van der Waals surface area contributed by atoms with Gasteiger partial charge in [0.05, 0.1) is 32.5 Å². The van der Waals surface area contributed by atoms with Crippen LogP contribution in [0, 0.1) is 0 Å². The van der Waals surface area contributed by atoms with Crippen molar-refractivity contribution in [2.24, 2.45) is 0 Å². The zero-order valence-corrected chi connectivity index (χ0v) is 39.6. The average molecular weight is 915 g/mol. The van der Waals surface area contributed by atoms with E-state index in [1.165, 1.54) is 63.9 Å². The monoisotopic (exact) mass is 914 g/mol. The lowest BCUT2D eigenvalue weighted by molar-refractivity contribution is 0.464. The summed E-state index contributed by atoms with van der Waals surface area (Å²) in [5.74, 6) is 3.32. The molecule has 0 N–H and O–H groups in total. The Morgan fingerprint density at radius 1 is 0.414 bits per heavy atom. The number of nitrogens with zero attached hydrogens (tertiary/aromatic N) is 2. The number of hydrogen-bond acceptors (Lipinski definition) is 3. The zero-order valence-electron chi connectivity index (χ0n) is 38.8. The smallest absolute Gasteiger partial charge is 0.260 e. The fourth-order valence-corrected chi connectivity index (χ4v) is 13.1. The molecule has 0 saturated carbocycles. The summed E-state index contributed by atoms with van der Waals surface area (Å²) in [4.78, 5) is 0. The van der Waals surface area contributed by atoms with Crippen LogP contribution in [-0.4, -0.2) is 15.8 Å². The van der Waals surface area contributed by atoms with Gasteiger partial charge >= 0.3 is 0 Å². The summed E-state index contributed by atoms with van der Waals surface area (Å²) in [7, 11) is 0. The van der Waals surface area contributed by atoms with Crippen LogP contribution in [0.1, 0.15) is 26.3 Å². The fourth-order valence-electron chi connectivity index (χ4n) is 11.8. The molecule has 330 valence electrons. The molecule has 13 aromatic rings. The lowest BCUT2D eigenvalue weighted by Crippen LogP contribution is -2.57. The van der Waals surface area contributed by atoms with Crippen molar-refractivity contribution in [2.75, 3.05) is 0 Å². The highest BCUT2D eigenvalue weighted by atomic mass is 32.1. The van der Waals surface area contributed by atoms with Gasteiger partial charge in [-0.3, -0.25) is 0 Å². The summed E-state index contributed by atoms with van der Waals surface area (Å²) in [5, 5.41) is 7.56. The molecule has 5 heterocycles. The Kier molecular flexibility index (Phi) is 8.27. The van der Waals surface area contributed by atoms with Crippen LogP contribution in [0.5, 0.6) is 23.0 Å². The molecule has 3 aromatic heterocycles. The second kappa shape index (κ2) is 14.6. The number of hydrogen-bond donors (Lipinski definition) is 0. The Labute approximate surface area is 409 Å². The van der Waals surface area contributed by atoms with E-state index in [9.17, 15) is 0 Å². The van der Waals surface area contributed by atoms with Crippen LogP contribution in [0.4, 0.5) is 0 Å². The van der Waals surface area contributed by atoms with Gasteiger partial charge in [-0.25, -0.2) is 0 Å². The van der Waals surface area contributed by atoms with Crippen LogP contribution < -0.4 is 25.9 Å². The van der Waals surface area contributed by atoms with Crippen LogP contribution in [0.25, 0.3) is 97.4 Å². The Morgan fingerprint density at radius 3 is 1.63 bits per heavy atom. The fraction of sp³-hybridized carbons (Fsp3) is 0.0625. The third-order valence-corrected chi connectivity index (χ3v) is 16.1. The van der Waals surface area contributed by atoms with E-state index >= 15 is 0 Å². The topological polar surface area (TPSA) is 28.3 Å². The molecule has 0 atom stereocenters. The number of fused-ring (bicyclic) bond motifs is 14. The van der Waals surface area contributed by atoms with Gasteiger partial charge in [0.2, 0.25) is 0 Å². The third-order valence-electron chi connectivity index (χ3n) is 14.9. The summed E-state index contributed by atoms with van der Waals surface area (Å²) in [6.45, 7) is 6.94. The van der Waals surface area contributed by atoms with Crippen molar-refractivity contribution in [3.05, 3.63) is 212 Å². The van der Waals surface area contributed by atoms with E-state index in [4.69, 9.17) is 9.47 Å². The lowest BCUT2D eigenvalue weighted by atomic mass is 9.35. The van der Waals surface area contributed by atoms with E-state index in [1.807, 2.05) is 11.3 Å². The maximum absolute atomic E-state index is 7.33. The molecule has 70 heavy (non-hydrogen) atoms. The first-order valence-corrected chi connectivity index (χ1v) is 25.0. The second-order valence-corrected chi connectivity index (χ2v) is 21.1. The summed E-state index contributed by atoms with van der Waals surface area (Å²) in [6.07, 6.45) is 0. The molecule has 10 aromatic carbocycles. The largest absolute Gasteiger partial charge is 0.458 e. The molecule has 0 aliphatic carbocycles. The molecular formula is C64H43BN2O2S. The van der Waals surface area contributed by atoms with Gasteiger partial charge in [0.1, 0.15) is 23.0 Å². The maximum atomic E-state index is 7.33. The van der Waals surface area contributed by atoms with E-state index in [0.717, 1.165) is 78.4 Å². The highest BCUT2D eigenvalue weighted by Crippen LogP contribution is 2.49. The Balaban J connectivity index is 0.992. The molecule has 15 rings (SSSR count). The number of para-hydroxylation sites is 2.